The van der Waals surface area contributed by atoms with Crippen LogP contribution in [0.25, 0.3) is 0 Å². The molecule has 94 valence electrons. The SMILES string of the molecule is CC1CCCC(CN)N1C(=O)c1ccc(Br)s1. The number of hydrogen-bond acceptors (Lipinski definition) is 3. The predicted octanol–water partition coefficient (Wildman–Crippen LogP) is 2.85. The van der Waals surface area contributed by atoms with E-state index in [0.717, 1.165) is 21.5 Å². The lowest BCUT2D eigenvalue weighted by molar-refractivity contribution is 0.0499. The Kier molecular flexibility index (Phi) is 4.22. The molecule has 0 bridgehead atoms. The molecule has 2 heterocycles. The maximum Gasteiger partial charge on any atom is 0.264 e. The molecule has 3 nitrogen and oxygen atoms in total. The van der Waals surface area contributed by atoms with Crippen molar-refractivity contribution in [3.63, 3.8) is 0 Å². The van der Waals surface area contributed by atoms with Gasteiger partial charge in [-0.25, -0.2) is 0 Å². The lowest BCUT2D eigenvalue weighted by Crippen LogP contribution is -2.51. The lowest BCUT2D eigenvalue weighted by atomic mass is 9.96. The Bertz CT molecular complexity index is 407. The number of hydrogen-bond donors (Lipinski definition) is 1. The summed E-state index contributed by atoms with van der Waals surface area (Å²) in [5, 5.41) is 0. The van der Waals surface area contributed by atoms with E-state index in [2.05, 4.69) is 22.9 Å². The van der Waals surface area contributed by atoms with Gasteiger partial charge in [0.05, 0.1) is 8.66 Å². The molecule has 2 atom stereocenters. The third-order valence-corrected chi connectivity index (χ3v) is 4.93. The van der Waals surface area contributed by atoms with E-state index in [1.807, 2.05) is 17.0 Å². The van der Waals surface area contributed by atoms with Crippen molar-refractivity contribution in [2.45, 2.75) is 38.3 Å². The first-order valence-electron chi connectivity index (χ1n) is 5.91. The van der Waals surface area contributed by atoms with Crippen LogP contribution in [0, 0.1) is 0 Å². The number of nitrogens with two attached hydrogens (primary N) is 1. The highest BCUT2D eigenvalue weighted by Gasteiger charge is 2.31. The highest BCUT2D eigenvalue weighted by atomic mass is 79.9. The Morgan fingerprint density at radius 1 is 1.59 bits per heavy atom. The number of halogens is 1. The Labute approximate surface area is 114 Å². The van der Waals surface area contributed by atoms with Crippen LogP contribution in [-0.2, 0) is 0 Å². The van der Waals surface area contributed by atoms with Crippen LogP contribution in [0.15, 0.2) is 15.9 Å². The fourth-order valence-electron chi connectivity index (χ4n) is 2.44. The standard InChI is InChI=1S/C12H17BrN2OS/c1-8-3-2-4-9(7-14)15(8)12(16)10-5-6-11(13)17-10/h5-6,8-9H,2-4,7,14H2,1H3. The first kappa shape index (κ1) is 13.1. The number of carbonyl (C=O) groups is 1. The number of rotatable bonds is 2. The van der Waals surface area contributed by atoms with E-state index in [9.17, 15) is 4.79 Å². The van der Waals surface area contributed by atoms with Gasteiger partial charge >= 0.3 is 0 Å². The molecule has 2 unspecified atom stereocenters. The molecule has 1 aliphatic rings. The van der Waals surface area contributed by atoms with Crippen molar-refractivity contribution in [1.29, 1.82) is 0 Å². The molecular formula is C12H17BrN2OS. The number of piperidine rings is 1. The summed E-state index contributed by atoms with van der Waals surface area (Å²) in [6.07, 6.45) is 3.27. The van der Waals surface area contributed by atoms with Crippen molar-refractivity contribution in [2.75, 3.05) is 6.54 Å². The third-order valence-electron chi connectivity index (χ3n) is 3.32. The first-order valence-corrected chi connectivity index (χ1v) is 7.52. The van der Waals surface area contributed by atoms with Gasteiger partial charge in [0, 0.05) is 18.6 Å². The van der Waals surface area contributed by atoms with Crippen molar-refractivity contribution in [3.05, 3.63) is 20.8 Å². The summed E-state index contributed by atoms with van der Waals surface area (Å²) in [6, 6.07) is 4.30. The summed E-state index contributed by atoms with van der Waals surface area (Å²) in [6.45, 7) is 2.67. The van der Waals surface area contributed by atoms with Crippen molar-refractivity contribution in [2.24, 2.45) is 5.73 Å². The fourth-order valence-corrected chi connectivity index (χ4v) is 3.77. The molecule has 0 saturated carbocycles. The maximum atomic E-state index is 12.5. The van der Waals surface area contributed by atoms with E-state index >= 15 is 0 Å². The quantitative estimate of drug-likeness (QED) is 0.912. The minimum absolute atomic E-state index is 0.128. The number of amides is 1. The van der Waals surface area contributed by atoms with Crippen LogP contribution in [0.4, 0.5) is 0 Å². The van der Waals surface area contributed by atoms with Crippen LogP contribution in [-0.4, -0.2) is 29.4 Å². The molecule has 0 aromatic carbocycles. The Balaban J connectivity index is 2.21. The Hall–Kier alpha value is -0.390. The van der Waals surface area contributed by atoms with Gasteiger partial charge in [-0.15, -0.1) is 11.3 Å². The molecule has 17 heavy (non-hydrogen) atoms. The molecule has 1 saturated heterocycles. The van der Waals surface area contributed by atoms with Crippen LogP contribution in [0.1, 0.15) is 35.9 Å². The van der Waals surface area contributed by atoms with Crippen LogP contribution in [0.3, 0.4) is 0 Å². The molecule has 0 radical (unpaired) electrons. The minimum Gasteiger partial charge on any atom is -0.331 e. The monoisotopic (exact) mass is 316 g/mol. The second-order valence-corrected chi connectivity index (χ2v) is 6.95. The topological polar surface area (TPSA) is 46.3 Å². The summed E-state index contributed by atoms with van der Waals surface area (Å²) in [5.74, 6) is 0.128. The van der Waals surface area contributed by atoms with Crippen molar-refractivity contribution in [3.8, 4) is 0 Å². The highest BCUT2D eigenvalue weighted by Crippen LogP contribution is 2.28. The summed E-state index contributed by atoms with van der Waals surface area (Å²) in [7, 11) is 0. The Morgan fingerprint density at radius 3 is 2.94 bits per heavy atom. The maximum absolute atomic E-state index is 12.5. The molecule has 1 aromatic heterocycles. The summed E-state index contributed by atoms with van der Waals surface area (Å²) in [4.78, 5) is 15.2. The molecule has 1 fully saturated rings. The predicted molar refractivity (Wildman–Crippen MR) is 74.3 cm³/mol. The zero-order chi connectivity index (χ0) is 12.4. The molecule has 1 aliphatic heterocycles. The molecule has 0 aliphatic carbocycles. The van der Waals surface area contributed by atoms with E-state index in [1.165, 1.54) is 17.8 Å². The van der Waals surface area contributed by atoms with Crippen LogP contribution in [0.5, 0.6) is 0 Å². The van der Waals surface area contributed by atoms with Gasteiger partial charge in [0.25, 0.3) is 5.91 Å². The van der Waals surface area contributed by atoms with Gasteiger partial charge in [-0.1, -0.05) is 0 Å². The third kappa shape index (κ3) is 2.72. The van der Waals surface area contributed by atoms with Gasteiger partial charge in [0.2, 0.25) is 0 Å². The van der Waals surface area contributed by atoms with Crippen molar-refractivity contribution >= 4 is 33.2 Å². The van der Waals surface area contributed by atoms with Gasteiger partial charge in [-0.05, 0) is 54.2 Å². The molecule has 1 amide bonds. The van der Waals surface area contributed by atoms with Gasteiger partial charge in [-0.3, -0.25) is 4.79 Å². The molecule has 2 rings (SSSR count). The van der Waals surface area contributed by atoms with Gasteiger partial charge in [0.1, 0.15) is 0 Å². The summed E-state index contributed by atoms with van der Waals surface area (Å²) in [5.41, 5.74) is 5.78. The van der Waals surface area contributed by atoms with E-state index in [4.69, 9.17) is 5.73 Å². The van der Waals surface area contributed by atoms with Crippen molar-refractivity contribution < 1.29 is 4.79 Å². The molecule has 1 aromatic rings. The van der Waals surface area contributed by atoms with E-state index in [-0.39, 0.29) is 11.9 Å². The van der Waals surface area contributed by atoms with E-state index in [1.54, 1.807) is 0 Å². The molecule has 2 N–H and O–H groups in total. The lowest BCUT2D eigenvalue weighted by Gasteiger charge is -2.40. The molecule has 0 spiro atoms. The average molecular weight is 317 g/mol. The van der Waals surface area contributed by atoms with E-state index in [0.29, 0.717) is 12.6 Å². The number of nitrogens with zero attached hydrogens (tertiary/aromatic N) is 1. The fraction of sp³-hybridized carbons (Fsp3) is 0.583. The zero-order valence-corrected chi connectivity index (χ0v) is 12.3. The molecule has 5 heteroatoms. The number of carbonyl (C=O) groups excluding carboxylic acids is 1. The minimum atomic E-state index is 0.128. The largest absolute Gasteiger partial charge is 0.331 e. The highest BCUT2D eigenvalue weighted by molar-refractivity contribution is 9.11. The summed E-state index contributed by atoms with van der Waals surface area (Å²) >= 11 is 4.88. The summed E-state index contributed by atoms with van der Waals surface area (Å²) < 4.78 is 0.995. The molecular weight excluding hydrogens is 300 g/mol. The zero-order valence-electron chi connectivity index (χ0n) is 9.86. The van der Waals surface area contributed by atoms with Gasteiger partial charge in [0.15, 0.2) is 0 Å². The second kappa shape index (κ2) is 5.50. The van der Waals surface area contributed by atoms with Gasteiger partial charge in [-0.2, -0.15) is 0 Å². The average Bonchev–Trinajstić information content (AvgIpc) is 2.74. The normalized spacial score (nSPS) is 25.0. The number of likely N-dealkylation sites (tertiary alicyclic amines) is 1. The van der Waals surface area contributed by atoms with Crippen LogP contribution >= 0.6 is 27.3 Å². The second-order valence-electron chi connectivity index (χ2n) is 4.49. The Morgan fingerprint density at radius 2 is 2.35 bits per heavy atom. The van der Waals surface area contributed by atoms with Crippen LogP contribution in [0.2, 0.25) is 0 Å². The van der Waals surface area contributed by atoms with Gasteiger partial charge < -0.3 is 10.6 Å². The van der Waals surface area contributed by atoms with Crippen molar-refractivity contribution in [1.82, 2.24) is 4.90 Å². The number of thiophene rings is 1. The first-order chi connectivity index (χ1) is 8.13. The van der Waals surface area contributed by atoms with E-state index < -0.39 is 0 Å². The smallest absolute Gasteiger partial charge is 0.264 e. The van der Waals surface area contributed by atoms with Crippen LogP contribution < -0.4 is 5.73 Å².